The molecule has 2 aromatic rings. The Labute approximate surface area is 97.5 Å². The van der Waals surface area contributed by atoms with Crippen LogP contribution < -0.4 is 4.74 Å². The molecule has 0 unspecified atom stereocenters. The number of fused-ring (bicyclic) bond motifs is 1. The Bertz CT molecular complexity index is 628. The van der Waals surface area contributed by atoms with Gasteiger partial charge in [0, 0.05) is 12.3 Å². The molecule has 0 saturated heterocycles. The van der Waals surface area contributed by atoms with E-state index >= 15 is 0 Å². The molecule has 0 amide bonds. The molecule has 0 radical (unpaired) electrons. The number of hydrogen-bond donors (Lipinski definition) is 0. The van der Waals surface area contributed by atoms with Gasteiger partial charge in [-0.1, -0.05) is 30.3 Å². The third-order valence-corrected chi connectivity index (χ3v) is 2.27. The standard InChI is InChI=1S/C13H9NO3/c1-9(16)17-12-7-6-10-4-2-3-5-11(10)13(12)14-8-15/h2-7H,1H3. The predicted molar refractivity (Wildman–Crippen MR) is 63.0 cm³/mol. The second-order valence-electron chi connectivity index (χ2n) is 3.43. The van der Waals surface area contributed by atoms with Crippen LogP contribution in [0.3, 0.4) is 0 Å². The zero-order chi connectivity index (χ0) is 12.3. The lowest BCUT2D eigenvalue weighted by molar-refractivity contribution is -0.131. The molecule has 17 heavy (non-hydrogen) atoms. The number of rotatable bonds is 2. The van der Waals surface area contributed by atoms with Gasteiger partial charge in [-0.25, -0.2) is 4.79 Å². The molecule has 2 aromatic carbocycles. The van der Waals surface area contributed by atoms with E-state index in [2.05, 4.69) is 4.99 Å². The zero-order valence-electron chi connectivity index (χ0n) is 9.14. The average molecular weight is 227 g/mol. The summed E-state index contributed by atoms with van der Waals surface area (Å²) < 4.78 is 4.99. The van der Waals surface area contributed by atoms with Crippen molar-refractivity contribution in [2.24, 2.45) is 4.99 Å². The third-order valence-electron chi connectivity index (χ3n) is 2.27. The number of isocyanates is 1. The van der Waals surface area contributed by atoms with Crippen molar-refractivity contribution in [3.8, 4) is 5.75 Å². The van der Waals surface area contributed by atoms with E-state index in [1.54, 1.807) is 18.2 Å². The molecule has 4 heteroatoms. The molecule has 0 aliphatic carbocycles. The van der Waals surface area contributed by atoms with Crippen LogP contribution in [0.25, 0.3) is 10.8 Å². The molecule has 0 bridgehead atoms. The lowest BCUT2D eigenvalue weighted by atomic mass is 10.1. The molecule has 4 nitrogen and oxygen atoms in total. The minimum absolute atomic E-state index is 0.263. The zero-order valence-corrected chi connectivity index (χ0v) is 9.14. The summed E-state index contributed by atoms with van der Waals surface area (Å²) in [5.41, 5.74) is 0.327. The molecule has 0 N–H and O–H groups in total. The monoisotopic (exact) mass is 227 g/mol. The summed E-state index contributed by atoms with van der Waals surface area (Å²) in [6.45, 7) is 1.30. The lowest BCUT2D eigenvalue weighted by Crippen LogP contribution is -2.01. The number of nitrogens with zero attached hydrogens (tertiary/aromatic N) is 1. The first-order valence-electron chi connectivity index (χ1n) is 5.00. The van der Waals surface area contributed by atoms with E-state index in [0.717, 1.165) is 10.8 Å². The van der Waals surface area contributed by atoms with Gasteiger partial charge in [0.25, 0.3) is 0 Å². The van der Waals surface area contributed by atoms with Crippen molar-refractivity contribution >= 4 is 28.5 Å². The highest BCUT2D eigenvalue weighted by molar-refractivity contribution is 5.96. The first kappa shape index (κ1) is 11.0. The molecular weight excluding hydrogens is 218 g/mol. The number of esters is 1. The van der Waals surface area contributed by atoms with Gasteiger partial charge in [0.1, 0.15) is 5.69 Å². The summed E-state index contributed by atoms with van der Waals surface area (Å²) in [6, 6.07) is 10.8. The Hall–Kier alpha value is -2.45. The Kier molecular flexibility index (Phi) is 2.99. The molecular formula is C13H9NO3. The third kappa shape index (κ3) is 2.22. The van der Waals surface area contributed by atoms with Gasteiger partial charge in [-0.2, -0.15) is 4.99 Å². The first-order chi connectivity index (χ1) is 8.22. The second-order valence-corrected chi connectivity index (χ2v) is 3.43. The molecule has 0 aliphatic heterocycles. The maximum atomic E-state index is 10.9. The summed E-state index contributed by atoms with van der Waals surface area (Å²) in [7, 11) is 0. The van der Waals surface area contributed by atoms with Crippen molar-refractivity contribution in [3.05, 3.63) is 36.4 Å². The van der Waals surface area contributed by atoms with Crippen molar-refractivity contribution in [2.45, 2.75) is 6.92 Å². The number of benzene rings is 2. The maximum Gasteiger partial charge on any atom is 0.308 e. The van der Waals surface area contributed by atoms with E-state index in [1.807, 2.05) is 18.2 Å². The fourth-order valence-corrected chi connectivity index (χ4v) is 1.63. The number of carbonyl (C=O) groups is 1. The van der Waals surface area contributed by atoms with E-state index in [-0.39, 0.29) is 5.75 Å². The van der Waals surface area contributed by atoms with Gasteiger partial charge < -0.3 is 4.74 Å². The first-order valence-corrected chi connectivity index (χ1v) is 5.00. The highest BCUT2D eigenvalue weighted by Crippen LogP contribution is 2.35. The number of hydrogen-bond acceptors (Lipinski definition) is 4. The van der Waals surface area contributed by atoms with Crippen LogP contribution in [-0.2, 0) is 9.59 Å². The second kappa shape index (κ2) is 4.60. The molecule has 0 spiro atoms. The number of carbonyl (C=O) groups excluding carboxylic acids is 2. The molecule has 0 heterocycles. The Morgan fingerprint density at radius 3 is 2.71 bits per heavy atom. The van der Waals surface area contributed by atoms with Crippen LogP contribution in [0.1, 0.15) is 6.92 Å². The highest BCUT2D eigenvalue weighted by atomic mass is 16.5. The van der Waals surface area contributed by atoms with Gasteiger partial charge >= 0.3 is 5.97 Å². The largest absolute Gasteiger partial charge is 0.424 e. The van der Waals surface area contributed by atoms with Gasteiger partial charge in [-0.3, -0.25) is 4.79 Å². The smallest absolute Gasteiger partial charge is 0.308 e. The molecule has 0 aliphatic rings. The van der Waals surface area contributed by atoms with Gasteiger partial charge in [-0.15, -0.1) is 0 Å². The molecule has 0 aromatic heterocycles. The maximum absolute atomic E-state index is 10.9. The van der Waals surface area contributed by atoms with E-state index < -0.39 is 5.97 Å². The van der Waals surface area contributed by atoms with Crippen molar-refractivity contribution in [1.82, 2.24) is 0 Å². The average Bonchev–Trinajstić information content (AvgIpc) is 2.32. The van der Waals surface area contributed by atoms with Crippen LogP contribution >= 0.6 is 0 Å². The fourth-order valence-electron chi connectivity index (χ4n) is 1.63. The Morgan fingerprint density at radius 1 is 1.24 bits per heavy atom. The minimum Gasteiger partial charge on any atom is -0.424 e. The minimum atomic E-state index is -0.456. The van der Waals surface area contributed by atoms with E-state index in [1.165, 1.54) is 13.0 Å². The van der Waals surface area contributed by atoms with E-state index in [4.69, 9.17) is 4.74 Å². The molecule has 84 valence electrons. The number of aliphatic imine (C=N–C) groups is 1. The molecule has 0 atom stereocenters. The van der Waals surface area contributed by atoms with Gasteiger partial charge in [0.05, 0.1) is 0 Å². The summed E-state index contributed by atoms with van der Waals surface area (Å²) in [4.78, 5) is 25.0. The van der Waals surface area contributed by atoms with Crippen LogP contribution in [0.4, 0.5) is 5.69 Å². The summed E-state index contributed by atoms with van der Waals surface area (Å²) >= 11 is 0. The molecule has 0 fully saturated rings. The summed E-state index contributed by atoms with van der Waals surface area (Å²) in [6.07, 6.45) is 1.47. The quantitative estimate of drug-likeness (QED) is 0.343. The van der Waals surface area contributed by atoms with Crippen molar-refractivity contribution in [3.63, 3.8) is 0 Å². The summed E-state index contributed by atoms with van der Waals surface area (Å²) in [5.74, 6) is -0.192. The Morgan fingerprint density at radius 2 is 2.00 bits per heavy atom. The lowest BCUT2D eigenvalue weighted by Gasteiger charge is -2.07. The molecule has 2 rings (SSSR count). The van der Waals surface area contributed by atoms with Gasteiger partial charge in [0.2, 0.25) is 6.08 Å². The van der Waals surface area contributed by atoms with Gasteiger partial charge in [0.15, 0.2) is 5.75 Å². The normalized spacial score (nSPS) is 9.71. The van der Waals surface area contributed by atoms with Crippen LogP contribution in [0.5, 0.6) is 5.75 Å². The highest BCUT2D eigenvalue weighted by Gasteiger charge is 2.09. The van der Waals surface area contributed by atoms with Crippen molar-refractivity contribution in [1.29, 1.82) is 0 Å². The van der Waals surface area contributed by atoms with Crippen LogP contribution in [0.15, 0.2) is 41.4 Å². The fraction of sp³-hybridized carbons (Fsp3) is 0.0769. The van der Waals surface area contributed by atoms with Crippen molar-refractivity contribution in [2.75, 3.05) is 0 Å². The summed E-state index contributed by atoms with van der Waals surface area (Å²) in [5, 5.41) is 1.66. The van der Waals surface area contributed by atoms with Gasteiger partial charge in [-0.05, 0) is 11.5 Å². The van der Waals surface area contributed by atoms with E-state index in [0.29, 0.717) is 5.69 Å². The van der Waals surface area contributed by atoms with Crippen LogP contribution in [0.2, 0.25) is 0 Å². The van der Waals surface area contributed by atoms with Crippen molar-refractivity contribution < 1.29 is 14.3 Å². The number of ether oxygens (including phenoxy) is 1. The molecule has 0 saturated carbocycles. The Balaban J connectivity index is 2.72. The van der Waals surface area contributed by atoms with Crippen LogP contribution in [-0.4, -0.2) is 12.0 Å². The van der Waals surface area contributed by atoms with E-state index in [9.17, 15) is 9.59 Å². The topological polar surface area (TPSA) is 55.7 Å². The SMILES string of the molecule is CC(=O)Oc1ccc2ccccc2c1N=C=O. The predicted octanol–water partition coefficient (Wildman–Crippen LogP) is 2.73. The van der Waals surface area contributed by atoms with Crippen LogP contribution in [0, 0.1) is 0 Å².